The van der Waals surface area contributed by atoms with Crippen LogP contribution in [0.1, 0.15) is 11.9 Å². The van der Waals surface area contributed by atoms with E-state index in [0.29, 0.717) is 5.69 Å². The van der Waals surface area contributed by atoms with E-state index in [2.05, 4.69) is 6.07 Å². The van der Waals surface area contributed by atoms with Crippen LogP contribution in [0.4, 0.5) is 0 Å². The van der Waals surface area contributed by atoms with Gasteiger partial charge in [0.2, 0.25) is 0 Å². The number of nitrogens with zero attached hydrogens (tertiary/aromatic N) is 1. The quantitative estimate of drug-likeness (QED) is 0.510. The Morgan fingerprint density at radius 2 is 2.20 bits per heavy atom. The van der Waals surface area contributed by atoms with E-state index in [4.69, 9.17) is 1.37 Å². The van der Waals surface area contributed by atoms with Crippen molar-refractivity contribution in [2.75, 3.05) is 0 Å². The SMILES string of the molecule is [2H]C1[CH-]C(=O)n2c1[c-]c1ccccc12.[U].[Y]. The van der Waals surface area contributed by atoms with Crippen molar-refractivity contribution >= 4 is 16.8 Å². The van der Waals surface area contributed by atoms with Crippen LogP contribution in [0.25, 0.3) is 10.9 Å². The third-order valence-electron chi connectivity index (χ3n) is 2.25. The molecule has 1 aromatic heterocycles. The van der Waals surface area contributed by atoms with Crippen molar-refractivity contribution < 1.29 is 70.0 Å². The molecule has 1 radical (unpaired) electrons. The van der Waals surface area contributed by atoms with Crippen LogP contribution in [0, 0.1) is 43.6 Å². The van der Waals surface area contributed by atoms with Crippen LogP contribution >= 0.6 is 0 Å². The fourth-order valence-corrected chi connectivity index (χ4v) is 1.68. The number of hydrogen-bond acceptors (Lipinski definition) is 1. The Morgan fingerprint density at radius 1 is 1.47 bits per heavy atom. The van der Waals surface area contributed by atoms with Gasteiger partial charge in [-0.3, -0.25) is 6.42 Å². The maximum absolute atomic E-state index is 11.5. The van der Waals surface area contributed by atoms with Gasteiger partial charge in [-0.15, -0.1) is 12.5 Å². The zero-order chi connectivity index (χ0) is 9.71. The van der Waals surface area contributed by atoms with E-state index >= 15 is 0 Å². The van der Waals surface area contributed by atoms with Crippen LogP contribution in [-0.2, 0) is 39.1 Å². The topological polar surface area (TPSA) is 22.0 Å². The second-order valence-electron chi connectivity index (χ2n) is 3.03. The van der Waals surface area contributed by atoms with E-state index in [1.807, 2.05) is 24.3 Å². The minimum absolute atomic E-state index is 0. The van der Waals surface area contributed by atoms with Crippen LogP contribution in [0.3, 0.4) is 0 Å². The van der Waals surface area contributed by atoms with Crippen LogP contribution in [0.15, 0.2) is 24.3 Å². The smallest absolute Gasteiger partial charge is 0.0820 e. The predicted molar refractivity (Wildman–Crippen MR) is 49.4 cm³/mol. The van der Waals surface area contributed by atoms with Crippen molar-refractivity contribution in [1.82, 2.24) is 4.57 Å². The fraction of sp³-hybridized carbons (Fsp3) is 0.0909. The summed E-state index contributed by atoms with van der Waals surface area (Å²) in [6, 6.07) is 10.6. The van der Waals surface area contributed by atoms with Crippen molar-refractivity contribution in [3.63, 3.8) is 0 Å². The largest absolute Gasteiger partial charge is 0.378 e. The molecule has 71 valence electrons. The first-order valence-electron chi connectivity index (χ1n) is 4.69. The van der Waals surface area contributed by atoms with Gasteiger partial charge < -0.3 is 9.36 Å². The Hall–Kier alpha value is 0.456. The van der Waals surface area contributed by atoms with Gasteiger partial charge in [0.25, 0.3) is 0 Å². The summed E-state index contributed by atoms with van der Waals surface area (Å²) in [7, 11) is 0. The van der Waals surface area contributed by atoms with Crippen molar-refractivity contribution in [1.29, 1.82) is 0 Å². The first-order valence-corrected chi connectivity index (χ1v) is 4.11. The number of fused-ring (bicyclic) bond motifs is 3. The molecule has 2 nitrogen and oxygen atoms in total. The number of benzene rings is 1. The number of rotatable bonds is 0. The van der Waals surface area contributed by atoms with Gasteiger partial charge in [-0.25, -0.2) is 0 Å². The predicted octanol–water partition coefficient (Wildman–Crippen LogP) is 1.84. The average molecular weight is 497 g/mol. The van der Waals surface area contributed by atoms with E-state index in [1.54, 1.807) is 4.57 Å². The average Bonchev–Trinajstić information content (AvgIpc) is 2.66. The number of carbonyl (C=O) groups excluding carboxylic acids is 1. The molecule has 0 N–H and O–H groups in total. The molecule has 0 amide bonds. The molecule has 1 atom stereocenters. The summed E-state index contributed by atoms with van der Waals surface area (Å²) >= 11 is 0. The molecule has 1 aliphatic heterocycles. The van der Waals surface area contributed by atoms with Gasteiger partial charge in [0.15, 0.2) is 0 Å². The Labute approximate surface area is 138 Å². The molecule has 2 heterocycles. The second-order valence-corrected chi connectivity index (χ2v) is 3.03. The summed E-state index contributed by atoms with van der Waals surface area (Å²) in [5.74, 6) is -0.113. The van der Waals surface area contributed by atoms with Gasteiger partial charge in [-0.1, -0.05) is 23.3 Å². The molecule has 0 bridgehead atoms. The number of para-hydroxylation sites is 1. The maximum atomic E-state index is 11.5. The van der Waals surface area contributed by atoms with Crippen LogP contribution < -0.4 is 0 Å². The fourth-order valence-electron chi connectivity index (χ4n) is 1.68. The molecule has 4 heteroatoms. The second kappa shape index (κ2) is 5.19. The molecule has 15 heavy (non-hydrogen) atoms. The zero-order valence-corrected chi connectivity index (χ0v) is 14.9. The number of carbonyl (C=O) groups is 1. The summed E-state index contributed by atoms with van der Waals surface area (Å²) in [6.07, 6.45) is 0.841. The molecule has 0 spiro atoms. The van der Waals surface area contributed by atoms with Gasteiger partial charge in [0.1, 0.15) is 0 Å². The number of aromatic nitrogens is 1. The van der Waals surface area contributed by atoms with Crippen molar-refractivity contribution in [3.8, 4) is 0 Å². The van der Waals surface area contributed by atoms with Gasteiger partial charge in [0.05, 0.1) is 5.91 Å². The summed E-state index contributed by atoms with van der Waals surface area (Å²) in [5, 5.41) is 0.904. The molecule has 0 saturated heterocycles. The Morgan fingerprint density at radius 3 is 3.00 bits per heavy atom. The van der Waals surface area contributed by atoms with E-state index in [9.17, 15) is 4.79 Å². The van der Waals surface area contributed by atoms with Crippen LogP contribution in [0.2, 0.25) is 0 Å². The summed E-state index contributed by atoms with van der Waals surface area (Å²) in [6.45, 7) is 0. The standard InChI is InChI=1S/C11H7NO.U.Y/c13-11-6-5-9-7-8-3-1-2-4-10(8)12(9)11;;/h1-4,6H,5H2;;/q-2;;/i5D;;. The van der Waals surface area contributed by atoms with Gasteiger partial charge >= 0.3 is 0 Å². The Kier molecular flexibility index (Phi) is 4.13. The van der Waals surface area contributed by atoms with Crippen LogP contribution in [-0.4, -0.2) is 10.5 Å². The first-order chi connectivity index (χ1) is 6.77. The maximum Gasteiger partial charge on any atom is 0.0820 e. The molecule has 0 aliphatic carbocycles. The molecule has 2 aromatic rings. The van der Waals surface area contributed by atoms with Gasteiger partial charge in [-0.2, -0.15) is 17.5 Å². The van der Waals surface area contributed by atoms with Crippen molar-refractivity contribution in [2.45, 2.75) is 6.40 Å². The molecule has 0 saturated carbocycles. The Balaban J connectivity index is 0.000000640. The third kappa shape index (κ3) is 2.13. The molecule has 3 rings (SSSR count). The summed E-state index contributed by atoms with van der Waals surface area (Å²) < 4.78 is 9.21. The minimum atomic E-state index is -0.560. The molecular weight excluding hydrogens is 489 g/mol. The molecular formula is C11H7NOUY-2. The van der Waals surface area contributed by atoms with E-state index in [1.165, 1.54) is 6.42 Å². The number of hydrogen-bond donors (Lipinski definition) is 0. The van der Waals surface area contributed by atoms with E-state index in [0.717, 1.165) is 10.9 Å². The van der Waals surface area contributed by atoms with Crippen LogP contribution in [0.5, 0.6) is 0 Å². The van der Waals surface area contributed by atoms with Crippen molar-refractivity contribution in [2.24, 2.45) is 0 Å². The molecule has 1 unspecified atom stereocenters. The third-order valence-corrected chi connectivity index (χ3v) is 2.25. The molecule has 0 fully saturated rings. The summed E-state index contributed by atoms with van der Waals surface area (Å²) in [5.41, 5.74) is 1.50. The Bertz CT molecular complexity index is 540. The van der Waals surface area contributed by atoms with Gasteiger partial charge in [-0.05, 0) is 1.37 Å². The van der Waals surface area contributed by atoms with E-state index in [-0.39, 0.29) is 69.7 Å². The summed E-state index contributed by atoms with van der Waals surface area (Å²) in [4.78, 5) is 11.5. The van der Waals surface area contributed by atoms with Crippen molar-refractivity contribution in [3.05, 3.63) is 42.4 Å². The van der Waals surface area contributed by atoms with Gasteiger partial charge in [0, 0.05) is 63.8 Å². The molecule has 1 aliphatic rings. The monoisotopic (exact) mass is 497 g/mol. The zero-order valence-electron chi connectivity index (χ0n) is 8.90. The molecule has 1 aromatic carbocycles. The van der Waals surface area contributed by atoms with E-state index < -0.39 is 6.40 Å². The minimum Gasteiger partial charge on any atom is -0.378 e. The first kappa shape index (κ1) is 11.9. The normalized spacial score (nSPS) is 18.5.